The van der Waals surface area contributed by atoms with Gasteiger partial charge in [0.2, 0.25) is 0 Å². The molecule has 1 amide bonds. The molecule has 0 radical (unpaired) electrons. The Hall–Kier alpha value is -1.44. The van der Waals surface area contributed by atoms with E-state index in [-0.39, 0.29) is 11.5 Å². The van der Waals surface area contributed by atoms with Crippen LogP contribution >= 0.6 is 0 Å². The molecule has 1 aliphatic heterocycles. The van der Waals surface area contributed by atoms with Crippen LogP contribution in [0.4, 0.5) is 0 Å². The Labute approximate surface area is 105 Å². The fourth-order valence-corrected chi connectivity index (χ4v) is 2.64. The SMILES string of the molecule is O=C(NS(=O)(=O)c1ccccc1)C1COCCN1. The second-order valence-corrected chi connectivity index (χ2v) is 5.55. The summed E-state index contributed by atoms with van der Waals surface area (Å²) in [5, 5.41) is 2.89. The Morgan fingerprint density at radius 2 is 2.06 bits per heavy atom. The number of nitrogens with one attached hydrogen (secondary N) is 2. The van der Waals surface area contributed by atoms with Crippen molar-refractivity contribution in [2.24, 2.45) is 0 Å². The monoisotopic (exact) mass is 270 g/mol. The normalized spacial score (nSPS) is 20.3. The Kier molecular flexibility index (Phi) is 3.95. The summed E-state index contributed by atoms with van der Waals surface area (Å²) in [6.07, 6.45) is 0. The van der Waals surface area contributed by atoms with Gasteiger partial charge < -0.3 is 10.1 Å². The first-order valence-corrected chi connectivity index (χ1v) is 7.01. The van der Waals surface area contributed by atoms with Gasteiger partial charge in [-0.2, -0.15) is 0 Å². The van der Waals surface area contributed by atoms with Gasteiger partial charge in [-0.15, -0.1) is 0 Å². The third-order valence-electron chi connectivity index (χ3n) is 2.53. The largest absolute Gasteiger partial charge is 0.378 e. The molecule has 0 aliphatic carbocycles. The highest BCUT2D eigenvalue weighted by Gasteiger charge is 2.25. The van der Waals surface area contributed by atoms with Gasteiger partial charge in [-0.3, -0.25) is 4.79 Å². The van der Waals surface area contributed by atoms with Crippen molar-refractivity contribution in [1.82, 2.24) is 10.0 Å². The average molecular weight is 270 g/mol. The highest BCUT2D eigenvalue weighted by atomic mass is 32.2. The van der Waals surface area contributed by atoms with Crippen molar-refractivity contribution >= 4 is 15.9 Å². The first kappa shape index (κ1) is 13.0. The summed E-state index contributed by atoms with van der Waals surface area (Å²) in [4.78, 5) is 11.8. The zero-order valence-corrected chi connectivity index (χ0v) is 10.4. The van der Waals surface area contributed by atoms with Gasteiger partial charge in [-0.05, 0) is 12.1 Å². The minimum atomic E-state index is -3.80. The molecule has 1 unspecified atom stereocenters. The fourth-order valence-electron chi connectivity index (χ4n) is 1.60. The summed E-state index contributed by atoms with van der Waals surface area (Å²) < 4.78 is 30.9. The molecule has 2 N–H and O–H groups in total. The zero-order chi connectivity index (χ0) is 13.0. The average Bonchev–Trinajstić information content (AvgIpc) is 2.40. The molecule has 18 heavy (non-hydrogen) atoms. The summed E-state index contributed by atoms with van der Waals surface area (Å²) in [6.45, 7) is 1.23. The first-order chi connectivity index (χ1) is 8.59. The van der Waals surface area contributed by atoms with Gasteiger partial charge in [0.15, 0.2) is 0 Å². The topological polar surface area (TPSA) is 84.5 Å². The number of rotatable bonds is 3. The molecule has 0 saturated carbocycles. The van der Waals surface area contributed by atoms with Crippen molar-refractivity contribution in [1.29, 1.82) is 0 Å². The molecule has 0 spiro atoms. The molecule has 1 aromatic carbocycles. The van der Waals surface area contributed by atoms with Crippen molar-refractivity contribution in [2.45, 2.75) is 10.9 Å². The van der Waals surface area contributed by atoms with E-state index in [2.05, 4.69) is 5.32 Å². The highest BCUT2D eigenvalue weighted by molar-refractivity contribution is 7.90. The zero-order valence-electron chi connectivity index (χ0n) is 9.63. The maximum atomic E-state index is 11.9. The number of carbonyl (C=O) groups excluding carboxylic acids is 1. The highest BCUT2D eigenvalue weighted by Crippen LogP contribution is 2.07. The van der Waals surface area contributed by atoms with Crippen molar-refractivity contribution < 1.29 is 17.9 Å². The number of sulfonamides is 1. The minimum absolute atomic E-state index is 0.0649. The van der Waals surface area contributed by atoms with Crippen LogP contribution in [0.3, 0.4) is 0 Å². The van der Waals surface area contributed by atoms with E-state index < -0.39 is 22.0 Å². The molecule has 7 heteroatoms. The fraction of sp³-hybridized carbons (Fsp3) is 0.364. The Bertz CT molecular complexity index is 509. The van der Waals surface area contributed by atoms with Crippen LogP contribution in [0, 0.1) is 0 Å². The van der Waals surface area contributed by atoms with E-state index in [9.17, 15) is 13.2 Å². The lowest BCUT2D eigenvalue weighted by Crippen LogP contribution is -2.52. The first-order valence-electron chi connectivity index (χ1n) is 5.52. The molecular weight excluding hydrogens is 256 g/mol. The molecular formula is C11H14N2O4S. The molecule has 1 aromatic rings. The minimum Gasteiger partial charge on any atom is -0.378 e. The van der Waals surface area contributed by atoms with Crippen LogP contribution in [0.15, 0.2) is 35.2 Å². The third kappa shape index (κ3) is 3.06. The Balaban J connectivity index is 2.06. The van der Waals surface area contributed by atoms with E-state index in [1.165, 1.54) is 12.1 Å². The second kappa shape index (κ2) is 5.47. The Morgan fingerprint density at radius 1 is 1.33 bits per heavy atom. The molecule has 1 fully saturated rings. The number of carbonyl (C=O) groups is 1. The number of hydrogen-bond acceptors (Lipinski definition) is 5. The third-order valence-corrected chi connectivity index (χ3v) is 3.89. The number of ether oxygens (including phenoxy) is 1. The number of morpholine rings is 1. The summed E-state index contributed by atoms with van der Waals surface area (Å²) in [7, 11) is -3.80. The van der Waals surface area contributed by atoms with Gasteiger partial charge in [0, 0.05) is 6.54 Å². The van der Waals surface area contributed by atoms with E-state index >= 15 is 0 Å². The van der Waals surface area contributed by atoms with Crippen LogP contribution in [-0.2, 0) is 19.6 Å². The molecule has 1 saturated heterocycles. The van der Waals surface area contributed by atoms with Crippen LogP contribution in [-0.4, -0.2) is 40.1 Å². The quantitative estimate of drug-likeness (QED) is 0.772. The van der Waals surface area contributed by atoms with Gasteiger partial charge in [0.1, 0.15) is 6.04 Å². The van der Waals surface area contributed by atoms with Crippen molar-refractivity contribution in [3.05, 3.63) is 30.3 Å². The predicted molar refractivity (Wildman–Crippen MR) is 64.4 cm³/mol. The lowest BCUT2D eigenvalue weighted by Gasteiger charge is -2.22. The molecule has 2 rings (SSSR count). The van der Waals surface area contributed by atoms with Crippen LogP contribution in [0.25, 0.3) is 0 Å². The molecule has 0 bridgehead atoms. The smallest absolute Gasteiger partial charge is 0.264 e. The lowest BCUT2D eigenvalue weighted by atomic mass is 10.3. The Morgan fingerprint density at radius 3 is 2.67 bits per heavy atom. The van der Waals surface area contributed by atoms with Gasteiger partial charge >= 0.3 is 0 Å². The lowest BCUT2D eigenvalue weighted by molar-refractivity contribution is -0.124. The van der Waals surface area contributed by atoms with Crippen LogP contribution < -0.4 is 10.0 Å². The van der Waals surface area contributed by atoms with Crippen molar-refractivity contribution in [3.63, 3.8) is 0 Å². The van der Waals surface area contributed by atoms with Crippen LogP contribution in [0.1, 0.15) is 0 Å². The molecule has 1 heterocycles. The van der Waals surface area contributed by atoms with E-state index in [0.29, 0.717) is 13.2 Å². The summed E-state index contributed by atoms with van der Waals surface area (Å²) in [6, 6.07) is 7.14. The predicted octanol–water partition coefficient (Wildman–Crippen LogP) is -0.520. The standard InChI is InChI=1S/C11H14N2O4S/c14-11(10-8-17-7-6-12-10)13-18(15,16)9-4-2-1-3-5-9/h1-5,10,12H,6-8H2,(H,13,14). The van der Waals surface area contributed by atoms with E-state index in [1.54, 1.807) is 18.2 Å². The van der Waals surface area contributed by atoms with Gasteiger partial charge in [-0.25, -0.2) is 13.1 Å². The van der Waals surface area contributed by atoms with Crippen molar-refractivity contribution in [2.75, 3.05) is 19.8 Å². The maximum Gasteiger partial charge on any atom is 0.264 e. The van der Waals surface area contributed by atoms with Gasteiger partial charge in [0.25, 0.3) is 15.9 Å². The number of amides is 1. The van der Waals surface area contributed by atoms with Crippen LogP contribution in [0.5, 0.6) is 0 Å². The number of hydrogen-bond donors (Lipinski definition) is 2. The van der Waals surface area contributed by atoms with Gasteiger partial charge in [-0.1, -0.05) is 18.2 Å². The van der Waals surface area contributed by atoms with Gasteiger partial charge in [0.05, 0.1) is 18.1 Å². The maximum absolute atomic E-state index is 11.9. The van der Waals surface area contributed by atoms with E-state index in [1.807, 2.05) is 4.72 Å². The summed E-state index contributed by atoms with van der Waals surface area (Å²) in [5.74, 6) is -0.599. The van der Waals surface area contributed by atoms with E-state index in [0.717, 1.165) is 0 Å². The molecule has 98 valence electrons. The molecule has 6 nitrogen and oxygen atoms in total. The summed E-state index contributed by atoms with van der Waals surface area (Å²) in [5.41, 5.74) is 0. The van der Waals surface area contributed by atoms with E-state index in [4.69, 9.17) is 4.74 Å². The molecule has 1 atom stereocenters. The number of benzene rings is 1. The summed E-state index contributed by atoms with van der Waals surface area (Å²) >= 11 is 0. The van der Waals surface area contributed by atoms with Crippen LogP contribution in [0.2, 0.25) is 0 Å². The second-order valence-electron chi connectivity index (χ2n) is 3.86. The van der Waals surface area contributed by atoms with Crippen molar-refractivity contribution in [3.8, 4) is 0 Å². The molecule has 1 aliphatic rings. The molecule has 0 aromatic heterocycles.